The lowest BCUT2D eigenvalue weighted by Crippen LogP contribution is -2.40. The maximum Gasteiger partial charge on any atom is 0.127 e. The first-order valence-corrected chi connectivity index (χ1v) is 5.50. The summed E-state index contributed by atoms with van der Waals surface area (Å²) in [5.41, 5.74) is 6.64. The minimum absolute atomic E-state index is 0.142. The SMILES string of the molecule is NC1CCCC1NCc1ccccc1F. The maximum atomic E-state index is 13.3. The van der Waals surface area contributed by atoms with Crippen LogP contribution in [-0.4, -0.2) is 12.1 Å². The third-order valence-corrected chi connectivity index (χ3v) is 3.08. The molecule has 0 aliphatic heterocycles. The summed E-state index contributed by atoms with van der Waals surface area (Å²) in [5, 5.41) is 3.32. The molecule has 1 aromatic rings. The van der Waals surface area contributed by atoms with Gasteiger partial charge in [0.2, 0.25) is 0 Å². The fourth-order valence-corrected chi connectivity index (χ4v) is 2.12. The molecule has 1 aromatic carbocycles. The normalized spacial score (nSPS) is 25.7. The van der Waals surface area contributed by atoms with Gasteiger partial charge in [-0.3, -0.25) is 0 Å². The molecule has 0 saturated heterocycles. The summed E-state index contributed by atoms with van der Waals surface area (Å²) >= 11 is 0. The van der Waals surface area contributed by atoms with Gasteiger partial charge in [-0.15, -0.1) is 0 Å². The fraction of sp³-hybridized carbons (Fsp3) is 0.500. The van der Waals surface area contributed by atoms with Gasteiger partial charge in [0, 0.05) is 24.2 Å². The Balaban J connectivity index is 1.90. The van der Waals surface area contributed by atoms with Crippen molar-refractivity contribution in [3.8, 4) is 0 Å². The van der Waals surface area contributed by atoms with Gasteiger partial charge in [-0.05, 0) is 18.9 Å². The van der Waals surface area contributed by atoms with E-state index in [9.17, 15) is 4.39 Å². The van der Waals surface area contributed by atoms with Crippen LogP contribution in [0.4, 0.5) is 4.39 Å². The molecule has 1 aliphatic rings. The lowest BCUT2D eigenvalue weighted by Gasteiger charge is -2.17. The zero-order chi connectivity index (χ0) is 10.7. The Bertz CT molecular complexity index is 327. The molecule has 2 nitrogen and oxygen atoms in total. The second kappa shape index (κ2) is 4.73. The Kier molecular flexibility index (Phi) is 3.34. The third kappa shape index (κ3) is 2.55. The Morgan fingerprint density at radius 2 is 2.13 bits per heavy atom. The molecule has 82 valence electrons. The van der Waals surface area contributed by atoms with Crippen LogP contribution in [0.1, 0.15) is 24.8 Å². The van der Waals surface area contributed by atoms with Gasteiger partial charge in [0.15, 0.2) is 0 Å². The Labute approximate surface area is 89.7 Å². The Morgan fingerprint density at radius 1 is 1.33 bits per heavy atom. The summed E-state index contributed by atoms with van der Waals surface area (Å²) in [5.74, 6) is -0.142. The summed E-state index contributed by atoms with van der Waals surface area (Å²) in [6.07, 6.45) is 3.36. The van der Waals surface area contributed by atoms with Crippen LogP contribution in [0.2, 0.25) is 0 Å². The standard InChI is InChI=1S/C12H17FN2/c13-10-5-2-1-4-9(10)8-15-12-7-3-6-11(12)14/h1-2,4-5,11-12,15H,3,6-8,14H2. The molecule has 1 saturated carbocycles. The monoisotopic (exact) mass is 208 g/mol. The van der Waals surface area contributed by atoms with Gasteiger partial charge in [0.05, 0.1) is 0 Å². The molecular weight excluding hydrogens is 191 g/mol. The second-order valence-electron chi connectivity index (χ2n) is 4.17. The van der Waals surface area contributed by atoms with E-state index < -0.39 is 0 Å². The summed E-state index contributed by atoms with van der Waals surface area (Å²) in [4.78, 5) is 0. The lowest BCUT2D eigenvalue weighted by molar-refractivity contribution is 0.467. The molecule has 2 rings (SSSR count). The molecule has 0 aromatic heterocycles. The first-order chi connectivity index (χ1) is 7.27. The number of hydrogen-bond acceptors (Lipinski definition) is 2. The Morgan fingerprint density at radius 3 is 2.80 bits per heavy atom. The van der Waals surface area contributed by atoms with E-state index in [1.165, 1.54) is 12.5 Å². The molecule has 15 heavy (non-hydrogen) atoms. The van der Waals surface area contributed by atoms with Crippen LogP contribution >= 0.6 is 0 Å². The molecular formula is C12H17FN2. The lowest BCUT2D eigenvalue weighted by atomic mass is 10.1. The van der Waals surface area contributed by atoms with Crippen molar-refractivity contribution >= 4 is 0 Å². The van der Waals surface area contributed by atoms with Gasteiger partial charge in [-0.1, -0.05) is 24.6 Å². The van der Waals surface area contributed by atoms with Crippen molar-refractivity contribution in [2.45, 2.75) is 37.9 Å². The van der Waals surface area contributed by atoms with Crippen LogP contribution in [0.25, 0.3) is 0 Å². The van der Waals surface area contributed by atoms with Crippen molar-refractivity contribution < 1.29 is 4.39 Å². The first kappa shape index (κ1) is 10.6. The van der Waals surface area contributed by atoms with Crippen molar-refractivity contribution in [2.24, 2.45) is 5.73 Å². The zero-order valence-electron chi connectivity index (χ0n) is 8.75. The van der Waals surface area contributed by atoms with Gasteiger partial charge >= 0.3 is 0 Å². The fourth-order valence-electron chi connectivity index (χ4n) is 2.12. The number of halogens is 1. The van der Waals surface area contributed by atoms with Gasteiger partial charge in [-0.2, -0.15) is 0 Å². The number of nitrogens with one attached hydrogen (secondary N) is 1. The van der Waals surface area contributed by atoms with Crippen LogP contribution in [0.15, 0.2) is 24.3 Å². The van der Waals surface area contributed by atoms with Gasteiger partial charge in [-0.25, -0.2) is 4.39 Å². The predicted octanol–water partition coefficient (Wildman–Crippen LogP) is 1.80. The highest BCUT2D eigenvalue weighted by molar-refractivity contribution is 5.17. The molecule has 3 heteroatoms. The van der Waals surface area contributed by atoms with Gasteiger partial charge in [0.1, 0.15) is 5.82 Å². The summed E-state index contributed by atoms with van der Waals surface area (Å²) in [6, 6.07) is 7.45. The van der Waals surface area contributed by atoms with Gasteiger partial charge in [0.25, 0.3) is 0 Å². The van der Waals surface area contributed by atoms with Crippen molar-refractivity contribution in [3.63, 3.8) is 0 Å². The van der Waals surface area contributed by atoms with Crippen molar-refractivity contribution in [3.05, 3.63) is 35.6 Å². The summed E-state index contributed by atoms with van der Waals surface area (Å²) in [6.45, 7) is 0.574. The molecule has 2 unspecified atom stereocenters. The highest BCUT2D eigenvalue weighted by Crippen LogP contribution is 2.17. The van der Waals surface area contributed by atoms with Crippen LogP contribution in [-0.2, 0) is 6.54 Å². The zero-order valence-corrected chi connectivity index (χ0v) is 8.75. The average Bonchev–Trinajstić information content (AvgIpc) is 2.63. The van der Waals surface area contributed by atoms with Crippen LogP contribution in [0.3, 0.4) is 0 Å². The molecule has 0 radical (unpaired) electrons. The maximum absolute atomic E-state index is 13.3. The molecule has 0 bridgehead atoms. The van der Waals surface area contributed by atoms with Crippen molar-refractivity contribution in [1.82, 2.24) is 5.32 Å². The minimum atomic E-state index is -0.142. The number of hydrogen-bond donors (Lipinski definition) is 2. The molecule has 0 amide bonds. The molecule has 1 aliphatic carbocycles. The third-order valence-electron chi connectivity index (χ3n) is 3.08. The molecule has 0 spiro atoms. The first-order valence-electron chi connectivity index (χ1n) is 5.50. The number of nitrogens with two attached hydrogens (primary N) is 1. The highest BCUT2D eigenvalue weighted by atomic mass is 19.1. The molecule has 2 atom stereocenters. The predicted molar refractivity (Wildman–Crippen MR) is 58.9 cm³/mol. The van der Waals surface area contributed by atoms with E-state index in [1.54, 1.807) is 6.07 Å². The second-order valence-corrected chi connectivity index (χ2v) is 4.17. The van der Waals surface area contributed by atoms with E-state index in [0.29, 0.717) is 12.6 Å². The summed E-state index contributed by atoms with van der Waals surface area (Å²) < 4.78 is 13.3. The van der Waals surface area contributed by atoms with E-state index in [2.05, 4.69) is 5.32 Å². The van der Waals surface area contributed by atoms with Crippen molar-refractivity contribution in [2.75, 3.05) is 0 Å². The molecule has 3 N–H and O–H groups in total. The quantitative estimate of drug-likeness (QED) is 0.794. The Hall–Kier alpha value is -0.930. The summed E-state index contributed by atoms with van der Waals surface area (Å²) in [7, 11) is 0. The number of benzene rings is 1. The van der Waals surface area contributed by atoms with E-state index in [1.807, 2.05) is 12.1 Å². The van der Waals surface area contributed by atoms with Crippen LogP contribution in [0, 0.1) is 5.82 Å². The largest absolute Gasteiger partial charge is 0.326 e. The van der Waals surface area contributed by atoms with Gasteiger partial charge < -0.3 is 11.1 Å². The van der Waals surface area contributed by atoms with E-state index in [4.69, 9.17) is 5.73 Å². The topological polar surface area (TPSA) is 38.0 Å². The van der Waals surface area contributed by atoms with E-state index in [0.717, 1.165) is 18.4 Å². The number of rotatable bonds is 3. The molecule has 0 heterocycles. The van der Waals surface area contributed by atoms with Crippen molar-refractivity contribution in [1.29, 1.82) is 0 Å². The van der Waals surface area contributed by atoms with E-state index in [-0.39, 0.29) is 11.9 Å². The average molecular weight is 208 g/mol. The highest BCUT2D eigenvalue weighted by Gasteiger charge is 2.23. The minimum Gasteiger partial charge on any atom is -0.326 e. The smallest absolute Gasteiger partial charge is 0.127 e. The van der Waals surface area contributed by atoms with Crippen LogP contribution < -0.4 is 11.1 Å². The molecule has 1 fully saturated rings. The van der Waals surface area contributed by atoms with Crippen LogP contribution in [0.5, 0.6) is 0 Å². The van der Waals surface area contributed by atoms with E-state index >= 15 is 0 Å².